The Morgan fingerprint density at radius 3 is 2.54 bits per heavy atom. The van der Waals surface area contributed by atoms with Crippen LogP contribution in [-0.2, 0) is 9.47 Å². The summed E-state index contributed by atoms with van der Waals surface area (Å²) in [5, 5.41) is 6.13. The van der Waals surface area contributed by atoms with Gasteiger partial charge in [-0.05, 0) is 135 Å². The second-order valence-corrected chi connectivity index (χ2v) is 15.6. The second kappa shape index (κ2) is 10.2. The fraction of sp³-hybridized carbons (Fsp3) is 0.800. The molecule has 4 unspecified atom stereocenters. The number of urea groups is 1. The molecule has 4 saturated carbocycles. The zero-order valence-corrected chi connectivity index (χ0v) is 25.6. The number of carbonyl (C=O) groups is 1. The van der Waals surface area contributed by atoms with E-state index >= 15 is 0 Å². The van der Waals surface area contributed by atoms with Crippen LogP contribution in [0.15, 0.2) is 24.3 Å². The number of hydrogen-bond donors (Lipinski definition) is 2. The van der Waals surface area contributed by atoms with E-state index < -0.39 is 0 Å². The van der Waals surface area contributed by atoms with Crippen molar-refractivity contribution in [3.63, 3.8) is 0 Å². The Morgan fingerprint density at radius 1 is 0.951 bits per heavy atom. The molecule has 0 aromatic heterocycles. The van der Waals surface area contributed by atoms with E-state index in [0.717, 1.165) is 43.6 Å². The number of carbonyl (C=O) groups excluding carboxylic acids is 1. The summed E-state index contributed by atoms with van der Waals surface area (Å²) in [6, 6.07) is 6.00. The molecular weight excluding hydrogens is 515 g/mol. The molecular formula is C35H61FN2O3. The Morgan fingerprint density at radius 2 is 1.73 bits per heavy atom. The molecule has 2 amide bonds. The lowest BCUT2D eigenvalue weighted by atomic mass is 9.44. The van der Waals surface area contributed by atoms with Crippen LogP contribution in [0, 0.1) is 58.1 Å². The van der Waals surface area contributed by atoms with Crippen molar-refractivity contribution < 1.29 is 25.8 Å². The van der Waals surface area contributed by atoms with E-state index in [0.29, 0.717) is 46.3 Å². The quantitative estimate of drug-likeness (QED) is 0.369. The van der Waals surface area contributed by atoms with E-state index in [1.807, 2.05) is 0 Å². The first-order valence-corrected chi connectivity index (χ1v) is 16.8. The molecule has 2 heterocycles. The molecule has 6 aliphatic rings. The summed E-state index contributed by atoms with van der Waals surface area (Å²) in [5.41, 5.74) is 1.35. The van der Waals surface area contributed by atoms with Crippen LogP contribution < -0.4 is 10.6 Å². The van der Waals surface area contributed by atoms with Crippen LogP contribution in [0.5, 0.6) is 0 Å². The highest BCUT2D eigenvalue weighted by Gasteiger charge is 2.68. The van der Waals surface area contributed by atoms with Crippen molar-refractivity contribution in [3.8, 4) is 0 Å². The fourth-order valence-electron chi connectivity index (χ4n) is 11.5. The largest absolute Gasteiger partial charge is 0.349 e. The average Bonchev–Trinajstić information content (AvgIpc) is 3.29. The van der Waals surface area contributed by atoms with Gasteiger partial charge in [-0.1, -0.05) is 27.7 Å². The van der Waals surface area contributed by atoms with Crippen LogP contribution in [0.25, 0.3) is 0 Å². The van der Waals surface area contributed by atoms with E-state index in [4.69, 9.17) is 9.47 Å². The van der Waals surface area contributed by atoms with Gasteiger partial charge in [-0.15, -0.1) is 0 Å². The van der Waals surface area contributed by atoms with Gasteiger partial charge in [0.05, 0.1) is 12.7 Å². The van der Waals surface area contributed by atoms with Crippen LogP contribution in [-0.4, -0.2) is 30.6 Å². The molecule has 5 nitrogen and oxygen atoms in total. The predicted molar refractivity (Wildman–Crippen MR) is 169 cm³/mol. The van der Waals surface area contributed by atoms with Gasteiger partial charge in [0.2, 0.25) is 0 Å². The van der Waals surface area contributed by atoms with E-state index in [1.165, 1.54) is 63.5 Å². The van der Waals surface area contributed by atoms with Gasteiger partial charge >= 0.3 is 6.03 Å². The molecule has 2 N–H and O–H groups in total. The topological polar surface area (TPSA) is 59.6 Å². The van der Waals surface area contributed by atoms with Crippen LogP contribution in [0.1, 0.15) is 105 Å². The molecule has 0 bridgehead atoms. The lowest BCUT2D eigenvalue weighted by Gasteiger charge is -2.61. The number of ether oxygens (including phenoxy) is 2. The highest BCUT2D eigenvalue weighted by Crippen LogP contribution is 2.71. The maximum Gasteiger partial charge on any atom is 0.319 e. The molecule has 236 valence electrons. The average molecular weight is 577 g/mol. The SMILES string of the molecule is CC1CCC[C@@]2(OC1)O[C@H]1CC3[C@@H]4CCC5C[C@H](NC(=O)Nc6ccc(F)cc6)CC[C@]5(C)C4CC[C@]3(C)[C@H]1[C@@H]2C.[HH].[HH].[HH].[HH].[HH]. The number of halogens is 1. The van der Waals surface area contributed by atoms with Gasteiger partial charge in [-0.25, -0.2) is 9.18 Å². The Hall–Kier alpha value is -1.66. The normalized spacial score (nSPS) is 48.9. The van der Waals surface area contributed by atoms with E-state index in [-0.39, 0.29) is 30.8 Å². The lowest BCUT2D eigenvalue weighted by molar-refractivity contribution is -0.250. The minimum atomic E-state index is -0.344. The zero-order valence-electron chi connectivity index (χ0n) is 25.6. The number of rotatable bonds is 2. The molecule has 41 heavy (non-hydrogen) atoms. The summed E-state index contributed by atoms with van der Waals surface area (Å²) in [6.07, 6.45) is 13.7. The van der Waals surface area contributed by atoms with Crippen molar-refractivity contribution in [1.29, 1.82) is 0 Å². The van der Waals surface area contributed by atoms with Gasteiger partial charge in [-0.2, -0.15) is 0 Å². The van der Waals surface area contributed by atoms with E-state index in [9.17, 15) is 9.18 Å². The number of nitrogens with one attached hydrogen (secondary N) is 2. The maximum atomic E-state index is 13.2. The zero-order chi connectivity index (χ0) is 28.6. The predicted octanol–water partition coefficient (Wildman–Crippen LogP) is 9.38. The molecule has 1 aromatic carbocycles. The van der Waals surface area contributed by atoms with Crippen molar-refractivity contribution in [2.24, 2.45) is 52.3 Å². The Balaban J connectivity index is 0.00000147. The van der Waals surface area contributed by atoms with Gasteiger partial charge in [0.25, 0.3) is 0 Å². The number of anilines is 1. The summed E-state index contributed by atoms with van der Waals surface area (Å²) in [4.78, 5) is 12.7. The van der Waals surface area contributed by atoms with Crippen molar-refractivity contribution in [2.75, 3.05) is 11.9 Å². The second-order valence-electron chi connectivity index (χ2n) is 15.6. The minimum Gasteiger partial charge on any atom is -0.349 e. The highest BCUT2D eigenvalue weighted by atomic mass is 19.1. The third-order valence-electron chi connectivity index (χ3n) is 13.6. The van der Waals surface area contributed by atoms with Crippen LogP contribution in [0.2, 0.25) is 0 Å². The lowest BCUT2D eigenvalue weighted by Crippen LogP contribution is -2.56. The molecule has 12 atom stereocenters. The first-order valence-electron chi connectivity index (χ1n) is 16.8. The molecule has 2 saturated heterocycles. The van der Waals surface area contributed by atoms with E-state index in [2.05, 4.69) is 38.3 Å². The summed E-state index contributed by atoms with van der Waals surface area (Å²) >= 11 is 0. The van der Waals surface area contributed by atoms with Crippen LogP contribution >= 0.6 is 0 Å². The Labute approximate surface area is 253 Å². The number of benzene rings is 1. The summed E-state index contributed by atoms with van der Waals surface area (Å²) in [5.74, 6) is 4.09. The van der Waals surface area contributed by atoms with Crippen LogP contribution in [0.4, 0.5) is 14.9 Å². The monoisotopic (exact) mass is 576 g/mol. The molecule has 1 aromatic rings. The number of amides is 2. The Bertz CT molecular complexity index is 1170. The smallest absolute Gasteiger partial charge is 0.319 e. The minimum absolute atomic E-state index is 0. The molecule has 2 aliphatic heterocycles. The molecule has 6 heteroatoms. The maximum absolute atomic E-state index is 13.2. The van der Waals surface area contributed by atoms with Crippen LogP contribution in [0.3, 0.4) is 0 Å². The molecule has 1 spiro atoms. The van der Waals surface area contributed by atoms with Gasteiger partial charge in [0.15, 0.2) is 5.79 Å². The van der Waals surface area contributed by atoms with Crippen molar-refractivity contribution >= 4 is 11.7 Å². The molecule has 7 rings (SSSR count). The first kappa shape index (κ1) is 28.1. The van der Waals surface area contributed by atoms with Gasteiger partial charge in [0, 0.05) is 31.2 Å². The molecule has 4 aliphatic carbocycles. The van der Waals surface area contributed by atoms with Crippen molar-refractivity contribution in [2.45, 2.75) is 116 Å². The number of hydrogen-bond acceptors (Lipinski definition) is 3. The van der Waals surface area contributed by atoms with Crippen molar-refractivity contribution in [3.05, 3.63) is 30.1 Å². The number of fused-ring (bicyclic) bond motifs is 7. The van der Waals surface area contributed by atoms with Crippen molar-refractivity contribution in [1.82, 2.24) is 5.32 Å². The summed E-state index contributed by atoms with van der Waals surface area (Å²) < 4.78 is 26.9. The highest BCUT2D eigenvalue weighted by molar-refractivity contribution is 5.89. The molecule has 6 fully saturated rings. The standard InChI is InChI=1S/C35H51FN2O3.5H2/c1-21-6-5-15-35(40-20-21)22(2)31-30(41-35)19-29-27-12-7-23-18-26(38-32(39)37-25-10-8-24(36)9-11-25)13-16-33(23,3)28(27)14-17-34(29,31)4;;;;;/h8-11,21-23,26-31H,5-7,12-20H2,1-4H3,(H2,37,38,39);5*1H/t21?,22-,23?,26+,27+,28?,29?,30-,31-,33-,34-,35+;;;;;/m0...../s1. The van der Waals surface area contributed by atoms with Gasteiger partial charge in [0.1, 0.15) is 5.82 Å². The van der Waals surface area contributed by atoms with E-state index in [1.54, 1.807) is 12.1 Å². The summed E-state index contributed by atoms with van der Waals surface area (Å²) in [7, 11) is 0. The van der Waals surface area contributed by atoms with Gasteiger partial charge in [-0.3, -0.25) is 0 Å². The van der Waals surface area contributed by atoms with Gasteiger partial charge < -0.3 is 20.1 Å². The Kier molecular flexibility index (Phi) is 7.01. The molecule has 0 radical (unpaired) electrons. The third kappa shape index (κ3) is 4.56. The first-order chi connectivity index (χ1) is 19.6. The fourth-order valence-corrected chi connectivity index (χ4v) is 11.5. The summed E-state index contributed by atoms with van der Waals surface area (Å²) in [6.45, 7) is 10.8. The third-order valence-corrected chi connectivity index (χ3v) is 13.6.